The van der Waals surface area contributed by atoms with Crippen molar-refractivity contribution in [3.05, 3.63) is 52.3 Å². The van der Waals surface area contributed by atoms with Gasteiger partial charge in [-0.2, -0.15) is 10.4 Å². The first-order valence-corrected chi connectivity index (χ1v) is 6.05. The van der Waals surface area contributed by atoms with Gasteiger partial charge < -0.3 is 5.32 Å². The van der Waals surface area contributed by atoms with Crippen molar-refractivity contribution in [2.75, 3.05) is 5.32 Å². The van der Waals surface area contributed by atoms with E-state index in [-0.39, 0.29) is 24.6 Å². The molecule has 1 amide bonds. The molecular weight excluding hydrogens is 274 g/mol. The van der Waals surface area contributed by atoms with Gasteiger partial charge in [-0.25, -0.2) is 0 Å². The Hall–Kier alpha value is -3.21. The molecular formula is C13H11N5O3. The maximum Gasteiger partial charge on any atom is 0.306 e. The van der Waals surface area contributed by atoms with Crippen LogP contribution >= 0.6 is 0 Å². The van der Waals surface area contributed by atoms with Crippen molar-refractivity contribution < 1.29 is 9.72 Å². The summed E-state index contributed by atoms with van der Waals surface area (Å²) >= 11 is 0. The number of anilines is 1. The third kappa shape index (κ3) is 3.87. The molecule has 0 radical (unpaired) electrons. The standard InChI is InChI=1S/C13H11N5O3/c14-7-10-2-1-3-11(6-10)16-13(19)4-5-17-9-12(8-15-17)18(20)21/h1-3,6,8-9H,4-5H2,(H,16,19). The predicted molar refractivity (Wildman–Crippen MR) is 73.3 cm³/mol. The number of nitrogens with one attached hydrogen (secondary N) is 1. The molecule has 0 aliphatic carbocycles. The van der Waals surface area contributed by atoms with Crippen molar-refractivity contribution in [3.8, 4) is 6.07 Å². The Labute approximate surface area is 119 Å². The van der Waals surface area contributed by atoms with Gasteiger partial charge in [-0.3, -0.25) is 19.6 Å². The quantitative estimate of drug-likeness (QED) is 0.663. The third-order valence-corrected chi connectivity index (χ3v) is 2.67. The van der Waals surface area contributed by atoms with E-state index in [2.05, 4.69) is 10.4 Å². The second-order valence-electron chi connectivity index (χ2n) is 4.21. The number of rotatable bonds is 5. The Morgan fingerprint density at radius 3 is 3.00 bits per heavy atom. The Kier molecular flexibility index (Phi) is 4.26. The second-order valence-corrected chi connectivity index (χ2v) is 4.21. The minimum Gasteiger partial charge on any atom is -0.326 e. The van der Waals surface area contributed by atoms with Crippen molar-refractivity contribution in [1.82, 2.24) is 9.78 Å². The van der Waals surface area contributed by atoms with Crippen LogP contribution in [-0.2, 0) is 11.3 Å². The molecule has 106 valence electrons. The minimum atomic E-state index is -0.545. The van der Waals surface area contributed by atoms with Gasteiger partial charge in [-0.05, 0) is 18.2 Å². The molecule has 2 rings (SSSR count). The smallest absolute Gasteiger partial charge is 0.306 e. The van der Waals surface area contributed by atoms with Crippen LogP contribution in [0.15, 0.2) is 36.7 Å². The zero-order valence-corrected chi connectivity index (χ0v) is 10.9. The van der Waals surface area contributed by atoms with Gasteiger partial charge in [0.25, 0.3) is 0 Å². The molecule has 1 N–H and O–H groups in total. The molecule has 2 aromatic rings. The zero-order valence-electron chi connectivity index (χ0n) is 10.9. The molecule has 0 saturated heterocycles. The van der Waals surface area contributed by atoms with E-state index in [9.17, 15) is 14.9 Å². The molecule has 8 nitrogen and oxygen atoms in total. The second kappa shape index (κ2) is 6.29. The number of hydrogen-bond donors (Lipinski definition) is 1. The maximum absolute atomic E-state index is 11.8. The summed E-state index contributed by atoms with van der Waals surface area (Å²) in [6.45, 7) is 0.234. The van der Waals surface area contributed by atoms with Gasteiger partial charge in [-0.15, -0.1) is 0 Å². The number of nitrogens with zero attached hydrogens (tertiary/aromatic N) is 4. The largest absolute Gasteiger partial charge is 0.326 e. The van der Waals surface area contributed by atoms with E-state index in [1.165, 1.54) is 10.9 Å². The van der Waals surface area contributed by atoms with Crippen molar-refractivity contribution in [2.45, 2.75) is 13.0 Å². The normalized spacial score (nSPS) is 9.86. The molecule has 8 heteroatoms. The number of aromatic nitrogens is 2. The van der Waals surface area contributed by atoms with Crippen LogP contribution in [0.4, 0.5) is 11.4 Å². The fourth-order valence-electron chi connectivity index (χ4n) is 1.68. The van der Waals surface area contributed by atoms with Crippen LogP contribution in [0, 0.1) is 21.4 Å². The van der Waals surface area contributed by atoms with Crippen LogP contribution in [0.1, 0.15) is 12.0 Å². The molecule has 0 saturated carbocycles. The fraction of sp³-hybridized carbons (Fsp3) is 0.154. The lowest BCUT2D eigenvalue weighted by Crippen LogP contribution is -2.14. The zero-order chi connectivity index (χ0) is 15.2. The summed E-state index contributed by atoms with van der Waals surface area (Å²) in [5, 5.41) is 25.7. The van der Waals surface area contributed by atoms with E-state index >= 15 is 0 Å². The molecule has 0 aliphatic rings. The van der Waals surface area contributed by atoms with Gasteiger partial charge >= 0.3 is 5.69 Å². The third-order valence-electron chi connectivity index (χ3n) is 2.67. The van der Waals surface area contributed by atoms with E-state index in [4.69, 9.17) is 5.26 Å². The molecule has 0 bridgehead atoms. The summed E-state index contributed by atoms with van der Waals surface area (Å²) in [7, 11) is 0. The van der Waals surface area contributed by atoms with Crippen LogP contribution in [-0.4, -0.2) is 20.6 Å². The van der Waals surface area contributed by atoms with Crippen LogP contribution in [0.3, 0.4) is 0 Å². The number of amides is 1. The van der Waals surface area contributed by atoms with Crippen LogP contribution in [0.25, 0.3) is 0 Å². The number of carbonyl (C=O) groups excluding carboxylic acids is 1. The summed E-state index contributed by atoms with van der Waals surface area (Å²) in [6, 6.07) is 8.54. The lowest BCUT2D eigenvalue weighted by atomic mass is 10.2. The molecule has 0 atom stereocenters. The van der Waals surface area contributed by atoms with Crippen LogP contribution < -0.4 is 5.32 Å². The van der Waals surface area contributed by atoms with Gasteiger partial charge in [-0.1, -0.05) is 6.07 Å². The number of aryl methyl sites for hydroxylation is 1. The molecule has 0 fully saturated rings. The topological polar surface area (TPSA) is 114 Å². The van der Waals surface area contributed by atoms with Gasteiger partial charge in [0.15, 0.2) is 0 Å². The Bertz CT molecular complexity index is 717. The summed E-state index contributed by atoms with van der Waals surface area (Å²) in [5.41, 5.74) is 0.873. The van der Waals surface area contributed by atoms with E-state index in [1.54, 1.807) is 24.3 Å². The number of nitro groups is 1. The lowest BCUT2D eigenvalue weighted by Gasteiger charge is -2.05. The molecule has 0 spiro atoms. The maximum atomic E-state index is 11.8. The number of nitriles is 1. The van der Waals surface area contributed by atoms with Gasteiger partial charge in [0.05, 0.1) is 16.6 Å². The van der Waals surface area contributed by atoms with E-state index in [0.29, 0.717) is 11.3 Å². The molecule has 1 aromatic carbocycles. The van der Waals surface area contributed by atoms with Crippen molar-refractivity contribution >= 4 is 17.3 Å². The summed E-state index contributed by atoms with van der Waals surface area (Å²) in [4.78, 5) is 21.7. The van der Waals surface area contributed by atoms with Crippen molar-refractivity contribution in [2.24, 2.45) is 0 Å². The van der Waals surface area contributed by atoms with E-state index in [0.717, 1.165) is 6.20 Å². The van der Waals surface area contributed by atoms with Crippen LogP contribution in [0.2, 0.25) is 0 Å². The molecule has 21 heavy (non-hydrogen) atoms. The number of benzene rings is 1. The number of carbonyl (C=O) groups is 1. The lowest BCUT2D eigenvalue weighted by molar-refractivity contribution is -0.385. The predicted octanol–water partition coefficient (Wildman–Crippen LogP) is 1.69. The highest BCUT2D eigenvalue weighted by atomic mass is 16.6. The van der Waals surface area contributed by atoms with E-state index in [1.807, 2.05) is 6.07 Å². The number of hydrogen-bond acceptors (Lipinski definition) is 5. The average Bonchev–Trinajstić information content (AvgIpc) is 2.94. The summed E-state index contributed by atoms with van der Waals surface area (Å²) in [6.07, 6.45) is 2.52. The fourth-order valence-corrected chi connectivity index (χ4v) is 1.68. The summed E-state index contributed by atoms with van der Waals surface area (Å²) < 4.78 is 1.34. The molecule has 1 aromatic heterocycles. The highest BCUT2D eigenvalue weighted by Gasteiger charge is 2.10. The minimum absolute atomic E-state index is 0.114. The van der Waals surface area contributed by atoms with Gasteiger partial charge in [0.1, 0.15) is 12.4 Å². The first-order chi connectivity index (χ1) is 10.1. The van der Waals surface area contributed by atoms with Crippen molar-refractivity contribution in [3.63, 3.8) is 0 Å². The molecule has 0 aliphatic heterocycles. The van der Waals surface area contributed by atoms with Crippen LogP contribution in [0.5, 0.6) is 0 Å². The highest BCUT2D eigenvalue weighted by molar-refractivity contribution is 5.90. The SMILES string of the molecule is N#Cc1cccc(NC(=O)CCn2cc([N+](=O)[O-])cn2)c1. The Balaban J connectivity index is 1.89. The summed E-state index contributed by atoms with van der Waals surface area (Å²) in [5.74, 6) is -0.261. The Morgan fingerprint density at radius 1 is 1.52 bits per heavy atom. The first-order valence-electron chi connectivity index (χ1n) is 6.05. The monoisotopic (exact) mass is 285 g/mol. The van der Waals surface area contributed by atoms with E-state index < -0.39 is 4.92 Å². The highest BCUT2D eigenvalue weighted by Crippen LogP contribution is 2.11. The van der Waals surface area contributed by atoms with Gasteiger partial charge in [0, 0.05) is 18.7 Å². The Morgan fingerprint density at radius 2 is 2.33 bits per heavy atom. The average molecular weight is 285 g/mol. The molecule has 1 heterocycles. The van der Waals surface area contributed by atoms with Crippen molar-refractivity contribution in [1.29, 1.82) is 5.26 Å². The van der Waals surface area contributed by atoms with Gasteiger partial charge in [0.2, 0.25) is 5.91 Å². The molecule has 0 unspecified atom stereocenters. The first kappa shape index (κ1) is 14.2.